The van der Waals surface area contributed by atoms with Gasteiger partial charge in [-0.25, -0.2) is 9.59 Å². The van der Waals surface area contributed by atoms with E-state index < -0.39 is 35.7 Å². The molecule has 0 radical (unpaired) electrons. The summed E-state index contributed by atoms with van der Waals surface area (Å²) in [5.74, 6) is -0.831. The van der Waals surface area contributed by atoms with Gasteiger partial charge in [0.15, 0.2) is 0 Å². The molecule has 0 aliphatic carbocycles. The van der Waals surface area contributed by atoms with Gasteiger partial charge in [-0.2, -0.15) is 0 Å². The Hall–Kier alpha value is -3.81. The van der Waals surface area contributed by atoms with Crippen molar-refractivity contribution in [1.29, 1.82) is 0 Å². The van der Waals surface area contributed by atoms with Crippen LogP contribution in [0.1, 0.15) is 38.8 Å². The molecular formula is C27H34N2O6. The molecule has 8 nitrogen and oxygen atoms in total. The lowest BCUT2D eigenvalue weighted by Crippen LogP contribution is -2.51. The van der Waals surface area contributed by atoms with E-state index in [1.54, 1.807) is 58.0 Å². The minimum atomic E-state index is -0.912. The topological polar surface area (TPSA) is 114 Å². The Morgan fingerprint density at radius 2 is 1.57 bits per heavy atom. The maximum atomic E-state index is 13.3. The molecule has 0 aliphatic heterocycles. The third-order valence-electron chi connectivity index (χ3n) is 4.76. The van der Waals surface area contributed by atoms with Gasteiger partial charge < -0.3 is 25.2 Å². The Morgan fingerprint density at radius 3 is 2.17 bits per heavy atom. The van der Waals surface area contributed by atoms with E-state index in [-0.39, 0.29) is 18.8 Å². The van der Waals surface area contributed by atoms with Gasteiger partial charge in [-0.3, -0.25) is 4.79 Å². The molecule has 2 aromatic carbocycles. The van der Waals surface area contributed by atoms with Crippen molar-refractivity contribution in [1.82, 2.24) is 10.6 Å². The first-order valence-corrected chi connectivity index (χ1v) is 11.5. The highest BCUT2D eigenvalue weighted by Gasteiger charge is 2.26. The minimum absolute atomic E-state index is 0.126. The number of carbonyl (C=O) groups is 3. The van der Waals surface area contributed by atoms with Crippen LogP contribution < -0.4 is 10.6 Å². The van der Waals surface area contributed by atoms with E-state index in [0.717, 1.165) is 11.1 Å². The molecule has 0 saturated heterocycles. The lowest BCUT2D eigenvalue weighted by Gasteiger charge is -2.25. The van der Waals surface area contributed by atoms with E-state index >= 15 is 0 Å². The molecule has 0 unspecified atom stereocenters. The molecule has 8 heteroatoms. The number of phenols is 1. The largest absolute Gasteiger partial charge is 0.508 e. The second kappa shape index (κ2) is 13.2. The summed E-state index contributed by atoms with van der Waals surface area (Å²) >= 11 is 0. The Labute approximate surface area is 206 Å². The third kappa shape index (κ3) is 10.8. The molecule has 0 fully saturated rings. The van der Waals surface area contributed by atoms with Gasteiger partial charge in [0.05, 0.1) is 12.6 Å². The average Bonchev–Trinajstić information content (AvgIpc) is 2.78. The highest BCUT2D eigenvalue weighted by molar-refractivity contribution is 5.87. The predicted octanol–water partition coefficient (Wildman–Crippen LogP) is 3.67. The van der Waals surface area contributed by atoms with Crippen molar-refractivity contribution in [3.63, 3.8) is 0 Å². The number of hydrogen-bond donors (Lipinski definition) is 3. The third-order valence-corrected chi connectivity index (χ3v) is 4.76. The molecule has 0 saturated carbocycles. The van der Waals surface area contributed by atoms with Gasteiger partial charge in [0.25, 0.3) is 0 Å². The van der Waals surface area contributed by atoms with E-state index in [9.17, 15) is 19.5 Å². The molecule has 3 N–H and O–H groups in total. The molecule has 0 heterocycles. The van der Waals surface area contributed by atoms with Crippen LogP contribution >= 0.6 is 0 Å². The summed E-state index contributed by atoms with van der Waals surface area (Å²) in [6, 6.07) is 14.4. The van der Waals surface area contributed by atoms with Crippen LogP contribution in [0.4, 0.5) is 4.79 Å². The summed E-state index contributed by atoms with van der Waals surface area (Å²) in [4.78, 5) is 37.6. The molecule has 0 spiro atoms. The Balaban J connectivity index is 2.23. The number of phenolic OH excluding ortho intramolecular Hbond substituents is 1. The molecular weight excluding hydrogens is 448 g/mol. The molecule has 188 valence electrons. The summed E-state index contributed by atoms with van der Waals surface area (Å²) in [6.45, 7) is 7.17. The van der Waals surface area contributed by atoms with Crippen LogP contribution in [0.2, 0.25) is 0 Å². The van der Waals surface area contributed by atoms with Crippen LogP contribution in [0.15, 0.2) is 66.7 Å². The van der Waals surface area contributed by atoms with Crippen molar-refractivity contribution in [3.05, 3.63) is 77.9 Å². The molecule has 35 heavy (non-hydrogen) atoms. The first-order chi connectivity index (χ1) is 16.6. The number of benzene rings is 2. The number of hydrogen-bond acceptors (Lipinski definition) is 6. The van der Waals surface area contributed by atoms with E-state index in [1.807, 2.05) is 30.3 Å². The molecule has 2 aromatic rings. The van der Waals surface area contributed by atoms with Crippen LogP contribution in [0.3, 0.4) is 0 Å². The number of ether oxygens (including phenoxy) is 2. The number of esters is 1. The zero-order valence-electron chi connectivity index (χ0n) is 20.6. The fourth-order valence-electron chi connectivity index (χ4n) is 3.23. The van der Waals surface area contributed by atoms with Crippen molar-refractivity contribution in [2.24, 2.45) is 0 Å². The average molecular weight is 483 g/mol. The predicted molar refractivity (Wildman–Crippen MR) is 133 cm³/mol. The lowest BCUT2D eigenvalue weighted by atomic mass is 10.0. The quantitative estimate of drug-likeness (QED) is 0.352. The number of alkyl carbamates (subject to hydrolysis) is 1. The van der Waals surface area contributed by atoms with Gasteiger partial charge in [-0.1, -0.05) is 48.5 Å². The number of rotatable bonds is 10. The maximum absolute atomic E-state index is 13.3. The minimum Gasteiger partial charge on any atom is -0.508 e. The molecule has 2 amide bonds. The summed E-state index contributed by atoms with van der Waals surface area (Å²) in [5, 5.41) is 15.1. The zero-order valence-corrected chi connectivity index (χ0v) is 20.6. The van der Waals surface area contributed by atoms with E-state index in [4.69, 9.17) is 9.47 Å². The number of carbonyl (C=O) groups excluding carboxylic acids is 3. The molecule has 0 aliphatic rings. The van der Waals surface area contributed by atoms with Crippen molar-refractivity contribution in [2.45, 2.75) is 58.2 Å². The summed E-state index contributed by atoms with van der Waals surface area (Å²) in [5.41, 5.74) is 0.976. The van der Waals surface area contributed by atoms with Gasteiger partial charge >= 0.3 is 12.1 Å². The Morgan fingerprint density at radius 1 is 0.943 bits per heavy atom. The molecule has 2 rings (SSSR count). The lowest BCUT2D eigenvalue weighted by molar-refractivity contribution is -0.137. The van der Waals surface area contributed by atoms with E-state index in [1.165, 1.54) is 6.08 Å². The van der Waals surface area contributed by atoms with Gasteiger partial charge in [-0.15, -0.1) is 0 Å². The van der Waals surface area contributed by atoms with Crippen LogP contribution in [-0.4, -0.2) is 47.4 Å². The Kier molecular flexibility index (Phi) is 10.3. The smallest absolute Gasteiger partial charge is 0.408 e. The highest BCUT2D eigenvalue weighted by Crippen LogP contribution is 2.13. The normalized spacial score (nSPS) is 13.0. The standard InChI is InChI=1S/C27H34N2O6/c1-5-34-24(31)16-13-21(17-20-11-14-22(30)15-12-20)28-25(32)23(18-19-9-7-6-8-10-19)29-26(33)35-27(2,3)4/h6-16,21,23,30H,5,17-18H2,1-4H3,(H,28,32)(H,29,33)/b16-13+/t21-,23+/m1/s1. The fraction of sp³-hybridized carbons (Fsp3) is 0.370. The summed E-state index contributed by atoms with van der Waals surface area (Å²) < 4.78 is 10.3. The fourth-order valence-corrected chi connectivity index (χ4v) is 3.23. The second-order valence-electron chi connectivity index (χ2n) is 8.99. The van der Waals surface area contributed by atoms with Gasteiger partial charge in [0.1, 0.15) is 17.4 Å². The maximum Gasteiger partial charge on any atom is 0.408 e. The van der Waals surface area contributed by atoms with Crippen molar-refractivity contribution >= 4 is 18.0 Å². The van der Waals surface area contributed by atoms with Gasteiger partial charge in [0, 0.05) is 12.5 Å². The first-order valence-electron chi connectivity index (χ1n) is 11.5. The highest BCUT2D eigenvalue weighted by atomic mass is 16.6. The van der Waals surface area contributed by atoms with Crippen molar-refractivity contribution < 1.29 is 29.0 Å². The molecule has 0 bridgehead atoms. The Bertz CT molecular complexity index is 997. The zero-order chi connectivity index (χ0) is 25.8. The van der Waals surface area contributed by atoms with Crippen LogP contribution in [0.5, 0.6) is 5.75 Å². The van der Waals surface area contributed by atoms with Crippen molar-refractivity contribution in [3.8, 4) is 5.75 Å². The van der Waals surface area contributed by atoms with Crippen LogP contribution in [0.25, 0.3) is 0 Å². The van der Waals surface area contributed by atoms with E-state index in [0.29, 0.717) is 6.42 Å². The molecule has 0 aromatic heterocycles. The van der Waals surface area contributed by atoms with E-state index in [2.05, 4.69) is 10.6 Å². The first kappa shape index (κ1) is 27.4. The van der Waals surface area contributed by atoms with Gasteiger partial charge in [-0.05, 0) is 57.4 Å². The second-order valence-corrected chi connectivity index (χ2v) is 8.99. The SMILES string of the molecule is CCOC(=O)/C=C/[C@H](Cc1ccc(O)cc1)NC(=O)[C@H](Cc1ccccc1)NC(=O)OC(C)(C)C. The van der Waals surface area contributed by atoms with Crippen molar-refractivity contribution in [2.75, 3.05) is 6.61 Å². The summed E-state index contributed by atoms with van der Waals surface area (Å²) in [6.07, 6.45) is 2.72. The number of nitrogens with one attached hydrogen (secondary N) is 2. The monoisotopic (exact) mass is 482 g/mol. The van der Waals surface area contributed by atoms with Gasteiger partial charge in [0.2, 0.25) is 5.91 Å². The summed E-state index contributed by atoms with van der Waals surface area (Å²) in [7, 11) is 0. The van der Waals surface area contributed by atoms with Crippen LogP contribution in [0, 0.1) is 0 Å². The molecule has 2 atom stereocenters. The number of amides is 2. The number of aromatic hydroxyl groups is 1. The van der Waals surface area contributed by atoms with Crippen LogP contribution in [-0.2, 0) is 31.9 Å².